The second-order valence-electron chi connectivity index (χ2n) is 5.20. The molecule has 20 heavy (non-hydrogen) atoms. The van der Waals surface area contributed by atoms with Crippen LogP contribution in [0.15, 0.2) is 12.4 Å². The summed E-state index contributed by atoms with van der Waals surface area (Å²) < 4.78 is 0. The molecule has 1 aromatic rings. The van der Waals surface area contributed by atoms with Crippen LogP contribution in [0.25, 0.3) is 0 Å². The number of piperidine rings is 1. The minimum Gasteiger partial charge on any atom is -0.396 e. The van der Waals surface area contributed by atoms with Crippen molar-refractivity contribution < 1.29 is 5.11 Å². The van der Waals surface area contributed by atoms with E-state index >= 15 is 0 Å². The van der Waals surface area contributed by atoms with Crippen molar-refractivity contribution >= 4 is 11.6 Å². The van der Waals surface area contributed by atoms with E-state index in [1.807, 2.05) is 18.0 Å². The second kappa shape index (κ2) is 7.06. The van der Waals surface area contributed by atoms with Crippen LogP contribution in [0.3, 0.4) is 0 Å². The predicted molar refractivity (Wildman–Crippen MR) is 77.6 cm³/mol. The van der Waals surface area contributed by atoms with E-state index in [9.17, 15) is 5.11 Å². The summed E-state index contributed by atoms with van der Waals surface area (Å²) in [4.78, 5) is 12.8. The Morgan fingerprint density at radius 1 is 1.55 bits per heavy atom. The molecule has 2 rings (SSSR count). The SMILES string of the molecule is CN(CCC#N)c1cc(N2CCCC(CO)C2)ncn1. The molecule has 1 atom stereocenters. The Kier molecular flexibility index (Phi) is 5.13. The van der Waals surface area contributed by atoms with E-state index in [-0.39, 0.29) is 6.61 Å². The predicted octanol–water partition coefficient (Wildman–Crippen LogP) is 1.04. The number of nitriles is 1. The van der Waals surface area contributed by atoms with Crippen LogP contribution in [-0.2, 0) is 0 Å². The molecular weight excluding hydrogens is 254 g/mol. The van der Waals surface area contributed by atoms with Gasteiger partial charge in [-0.1, -0.05) is 0 Å². The fraction of sp³-hybridized carbons (Fsp3) is 0.643. The van der Waals surface area contributed by atoms with E-state index < -0.39 is 0 Å². The first-order valence-corrected chi connectivity index (χ1v) is 7.00. The molecule has 1 N–H and O–H groups in total. The van der Waals surface area contributed by atoms with Crippen molar-refractivity contribution in [2.24, 2.45) is 5.92 Å². The van der Waals surface area contributed by atoms with Gasteiger partial charge in [0.05, 0.1) is 12.5 Å². The number of aromatic nitrogens is 2. The maximum Gasteiger partial charge on any atom is 0.134 e. The fourth-order valence-corrected chi connectivity index (χ4v) is 2.47. The minimum absolute atomic E-state index is 0.233. The Labute approximate surface area is 119 Å². The largest absolute Gasteiger partial charge is 0.396 e. The third kappa shape index (κ3) is 3.58. The monoisotopic (exact) mass is 275 g/mol. The van der Waals surface area contributed by atoms with E-state index in [4.69, 9.17) is 5.26 Å². The van der Waals surface area contributed by atoms with Crippen molar-refractivity contribution in [1.29, 1.82) is 5.26 Å². The number of hydrogen-bond acceptors (Lipinski definition) is 6. The molecule has 1 fully saturated rings. The van der Waals surface area contributed by atoms with Gasteiger partial charge in [0.1, 0.15) is 18.0 Å². The van der Waals surface area contributed by atoms with Crippen molar-refractivity contribution in [3.8, 4) is 6.07 Å². The van der Waals surface area contributed by atoms with Crippen molar-refractivity contribution in [3.05, 3.63) is 12.4 Å². The molecule has 0 radical (unpaired) electrons. The zero-order valence-corrected chi connectivity index (χ0v) is 11.9. The van der Waals surface area contributed by atoms with Crippen molar-refractivity contribution in [3.63, 3.8) is 0 Å². The summed E-state index contributed by atoms with van der Waals surface area (Å²) in [6.07, 6.45) is 4.20. The van der Waals surface area contributed by atoms with Crippen LogP contribution in [0.4, 0.5) is 11.6 Å². The Balaban J connectivity index is 2.07. The summed E-state index contributed by atoms with van der Waals surface area (Å²) in [5.41, 5.74) is 0. The first kappa shape index (κ1) is 14.5. The molecule has 6 nitrogen and oxygen atoms in total. The number of rotatable bonds is 5. The molecule has 0 saturated carbocycles. The van der Waals surface area contributed by atoms with E-state index in [1.54, 1.807) is 6.33 Å². The van der Waals surface area contributed by atoms with Gasteiger partial charge in [-0.15, -0.1) is 0 Å². The summed E-state index contributed by atoms with van der Waals surface area (Å²) in [5.74, 6) is 2.06. The summed E-state index contributed by atoms with van der Waals surface area (Å²) in [7, 11) is 1.93. The highest BCUT2D eigenvalue weighted by Gasteiger charge is 2.20. The second-order valence-corrected chi connectivity index (χ2v) is 5.20. The molecule has 2 heterocycles. The van der Waals surface area contributed by atoms with Crippen molar-refractivity contribution in [2.45, 2.75) is 19.3 Å². The lowest BCUT2D eigenvalue weighted by Gasteiger charge is -2.33. The lowest BCUT2D eigenvalue weighted by molar-refractivity contribution is 0.208. The van der Waals surface area contributed by atoms with Gasteiger partial charge in [-0.25, -0.2) is 9.97 Å². The van der Waals surface area contributed by atoms with Crippen molar-refractivity contribution in [2.75, 3.05) is 43.1 Å². The fourth-order valence-electron chi connectivity index (χ4n) is 2.47. The Bertz CT molecular complexity index is 473. The summed E-state index contributed by atoms with van der Waals surface area (Å²) in [6, 6.07) is 4.09. The molecular formula is C14H21N5O. The van der Waals surface area contributed by atoms with Crippen LogP contribution in [0.2, 0.25) is 0 Å². The summed E-state index contributed by atoms with van der Waals surface area (Å²) in [6.45, 7) is 2.70. The molecule has 6 heteroatoms. The summed E-state index contributed by atoms with van der Waals surface area (Å²) >= 11 is 0. The molecule has 0 amide bonds. The van der Waals surface area contributed by atoms with Gasteiger partial charge in [0.15, 0.2) is 0 Å². The average molecular weight is 275 g/mol. The standard InChI is InChI=1S/C14H21N5O/c1-18(6-3-5-15)13-8-14(17-11-16-13)19-7-2-4-12(9-19)10-20/h8,11-12,20H,2-4,6-7,9-10H2,1H3. The normalized spacial score (nSPS) is 18.6. The van der Waals surface area contributed by atoms with Crippen LogP contribution in [0.5, 0.6) is 0 Å². The Morgan fingerprint density at radius 2 is 2.40 bits per heavy atom. The molecule has 0 spiro atoms. The van der Waals surface area contributed by atoms with Gasteiger partial charge >= 0.3 is 0 Å². The van der Waals surface area contributed by atoms with Gasteiger partial charge in [0.25, 0.3) is 0 Å². The third-order valence-corrected chi connectivity index (χ3v) is 3.69. The number of aliphatic hydroxyl groups is 1. The van der Waals surface area contributed by atoms with Gasteiger partial charge in [0, 0.05) is 39.4 Å². The lowest BCUT2D eigenvalue weighted by atomic mass is 9.99. The molecule has 1 aromatic heterocycles. The number of hydrogen-bond donors (Lipinski definition) is 1. The molecule has 1 saturated heterocycles. The van der Waals surface area contributed by atoms with Crippen molar-refractivity contribution in [1.82, 2.24) is 9.97 Å². The van der Waals surface area contributed by atoms with Gasteiger partial charge in [-0.3, -0.25) is 0 Å². The molecule has 108 valence electrons. The average Bonchev–Trinajstić information content (AvgIpc) is 2.52. The highest BCUT2D eigenvalue weighted by molar-refractivity contribution is 5.50. The first-order valence-electron chi connectivity index (χ1n) is 7.00. The van der Waals surface area contributed by atoms with Gasteiger partial charge < -0.3 is 14.9 Å². The molecule has 0 bridgehead atoms. The highest BCUT2D eigenvalue weighted by Crippen LogP contribution is 2.23. The van der Waals surface area contributed by atoms with Crippen LogP contribution in [0.1, 0.15) is 19.3 Å². The quantitative estimate of drug-likeness (QED) is 0.865. The molecule has 0 aliphatic carbocycles. The molecule has 1 unspecified atom stereocenters. The van der Waals surface area contributed by atoms with Crippen LogP contribution >= 0.6 is 0 Å². The number of nitrogens with zero attached hydrogens (tertiary/aromatic N) is 5. The summed E-state index contributed by atoms with van der Waals surface area (Å²) in [5, 5.41) is 17.9. The smallest absolute Gasteiger partial charge is 0.134 e. The van der Waals surface area contributed by atoms with Gasteiger partial charge in [-0.2, -0.15) is 5.26 Å². The third-order valence-electron chi connectivity index (χ3n) is 3.69. The Morgan fingerprint density at radius 3 is 3.15 bits per heavy atom. The Hall–Kier alpha value is -1.87. The highest BCUT2D eigenvalue weighted by atomic mass is 16.3. The van der Waals surface area contributed by atoms with Crippen LogP contribution < -0.4 is 9.80 Å². The first-order chi connectivity index (χ1) is 9.74. The van der Waals surface area contributed by atoms with E-state index in [1.165, 1.54) is 0 Å². The maximum absolute atomic E-state index is 9.30. The topological polar surface area (TPSA) is 76.3 Å². The molecule has 1 aliphatic heterocycles. The van der Waals surface area contributed by atoms with E-state index in [2.05, 4.69) is 20.9 Å². The zero-order valence-electron chi connectivity index (χ0n) is 11.9. The van der Waals surface area contributed by atoms with Gasteiger partial charge in [-0.05, 0) is 18.8 Å². The van der Waals surface area contributed by atoms with Crippen LogP contribution in [0, 0.1) is 17.2 Å². The maximum atomic E-state index is 9.30. The lowest BCUT2D eigenvalue weighted by Crippen LogP contribution is -2.37. The zero-order chi connectivity index (χ0) is 14.4. The van der Waals surface area contributed by atoms with Gasteiger partial charge in [0.2, 0.25) is 0 Å². The van der Waals surface area contributed by atoms with E-state index in [0.717, 1.165) is 37.6 Å². The van der Waals surface area contributed by atoms with E-state index in [0.29, 0.717) is 18.9 Å². The number of anilines is 2. The number of aliphatic hydroxyl groups excluding tert-OH is 1. The molecule has 0 aromatic carbocycles. The van der Waals surface area contributed by atoms with Crippen LogP contribution in [-0.4, -0.2) is 48.4 Å². The molecule has 1 aliphatic rings. The minimum atomic E-state index is 0.233.